The van der Waals surface area contributed by atoms with Crippen molar-refractivity contribution in [2.45, 2.75) is 32.7 Å². The summed E-state index contributed by atoms with van der Waals surface area (Å²) in [6, 6.07) is 10.4. The lowest BCUT2D eigenvalue weighted by molar-refractivity contribution is 0.325. The van der Waals surface area contributed by atoms with E-state index >= 15 is 0 Å². The molecule has 8 nitrogen and oxygen atoms in total. The molecule has 1 aliphatic rings. The quantitative estimate of drug-likeness (QED) is 0.414. The highest BCUT2D eigenvalue weighted by atomic mass is 15.4. The van der Waals surface area contributed by atoms with Gasteiger partial charge in [0.05, 0.1) is 24.5 Å². The molecule has 31 heavy (non-hydrogen) atoms. The van der Waals surface area contributed by atoms with E-state index in [1.807, 2.05) is 16.9 Å². The van der Waals surface area contributed by atoms with Crippen molar-refractivity contribution in [1.82, 2.24) is 35.2 Å². The maximum Gasteiger partial charge on any atom is 0.132 e. The van der Waals surface area contributed by atoms with E-state index in [1.54, 1.807) is 12.4 Å². The summed E-state index contributed by atoms with van der Waals surface area (Å²) in [6.45, 7) is 3.63. The Labute approximate surface area is 179 Å². The number of benzene rings is 1. The second kappa shape index (κ2) is 8.31. The molecule has 4 aromatic heterocycles. The van der Waals surface area contributed by atoms with Gasteiger partial charge in [-0.15, -0.1) is 5.10 Å². The fourth-order valence-corrected chi connectivity index (χ4v) is 3.89. The van der Waals surface area contributed by atoms with Gasteiger partial charge in [0.25, 0.3) is 0 Å². The Bertz CT molecular complexity index is 1300. The van der Waals surface area contributed by atoms with Gasteiger partial charge in [-0.2, -0.15) is 5.10 Å². The Morgan fingerprint density at radius 3 is 2.84 bits per heavy atom. The van der Waals surface area contributed by atoms with Gasteiger partial charge in [-0.1, -0.05) is 23.8 Å². The fourth-order valence-electron chi connectivity index (χ4n) is 3.89. The molecule has 0 bridgehead atoms. The Morgan fingerprint density at radius 2 is 2.06 bits per heavy atom. The first-order chi connectivity index (χ1) is 15.2. The molecule has 4 N–H and O–H groups in total. The number of aryl methyl sites for hydroxylation is 1. The van der Waals surface area contributed by atoms with Crippen LogP contribution in [0.1, 0.15) is 30.5 Å². The minimum atomic E-state index is 0.655. The zero-order valence-electron chi connectivity index (χ0n) is 17.5. The average molecular weight is 415 g/mol. The van der Waals surface area contributed by atoms with E-state index in [2.05, 4.69) is 61.7 Å². The highest BCUT2D eigenvalue weighted by molar-refractivity contribution is 5.90. The van der Waals surface area contributed by atoms with E-state index in [9.17, 15) is 0 Å². The number of nitrogens with one attached hydrogen (secondary N) is 2. The Morgan fingerprint density at radius 1 is 1.16 bits per heavy atom. The van der Waals surface area contributed by atoms with E-state index in [4.69, 9.17) is 5.73 Å². The molecule has 1 aliphatic carbocycles. The fraction of sp³-hybridized carbons (Fsp3) is 0.304. The summed E-state index contributed by atoms with van der Waals surface area (Å²) in [6.07, 6.45) is 9.61. The number of aromatic nitrogens is 7. The minimum absolute atomic E-state index is 0.655. The minimum Gasteiger partial charge on any atom is -0.359 e. The summed E-state index contributed by atoms with van der Waals surface area (Å²) in [5.41, 5.74) is 11.3. The van der Waals surface area contributed by atoms with Crippen LogP contribution in [0.5, 0.6) is 0 Å². The number of fused-ring (bicyclic) bond motifs is 2. The van der Waals surface area contributed by atoms with Crippen molar-refractivity contribution in [3.63, 3.8) is 0 Å². The van der Waals surface area contributed by atoms with Crippen LogP contribution in [0.25, 0.3) is 33.2 Å². The second-order valence-corrected chi connectivity index (χ2v) is 8.20. The summed E-state index contributed by atoms with van der Waals surface area (Å²) < 4.78 is 1.83. The Kier molecular flexibility index (Phi) is 5.21. The van der Waals surface area contributed by atoms with Crippen LogP contribution in [0.3, 0.4) is 0 Å². The molecule has 1 saturated carbocycles. The van der Waals surface area contributed by atoms with E-state index in [0.717, 1.165) is 46.0 Å². The molecule has 0 atom stereocenters. The van der Waals surface area contributed by atoms with E-state index in [-0.39, 0.29) is 0 Å². The summed E-state index contributed by atoms with van der Waals surface area (Å²) in [4.78, 5) is 7.80. The van der Waals surface area contributed by atoms with Gasteiger partial charge in [-0.3, -0.25) is 10.1 Å². The molecular formula is C23H26N8. The highest BCUT2D eigenvalue weighted by Gasteiger charge is 2.14. The van der Waals surface area contributed by atoms with Gasteiger partial charge in [0, 0.05) is 22.8 Å². The molecule has 0 aliphatic heterocycles. The van der Waals surface area contributed by atoms with Crippen LogP contribution in [0.15, 0.2) is 48.9 Å². The van der Waals surface area contributed by atoms with Gasteiger partial charge in [0.1, 0.15) is 11.4 Å². The zero-order valence-corrected chi connectivity index (χ0v) is 17.5. The van der Waals surface area contributed by atoms with Crippen LogP contribution in [-0.2, 0) is 6.54 Å². The maximum absolute atomic E-state index is 5.33. The molecule has 8 heteroatoms. The first-order valence-corrected chi connectivity index (χ1v) is 10.7. The lowest BCUT2D eigenvalue weighted by Crippen LogP contribution is -2.20. The van der Waals surface area contributed by atoms with Crippen LogP contribution in [-0.4, -0.2) is 41.7 Å². The first-order valence-electron chi connectivity index (χ1n) is 10.7. The lowest BCUT2D eigenvalue weighted by atomic mass is 9.86. The molecule has 1 aromatic carbocycles. The van der Waals surface area contributed by atoms with Crippen molar-refractivity contribution in [3.05, 3.63) is 60.2 Å². The Balaban J connectivity index is 0.000000296. The third kappa shape index (κ3) is 4.06. The van der Waals surface area contributed by atoms with Crippen LogP contribution < -0.4 is 5.73 Å². The summed E-state index contributed by atoms with van der Waals surface area (Å²) in [7, 11) is 0. The monoisotopic (exact) mass is 414 g/mol. The molecule has 5 aromatic rings. The van der Waals surface area contributed by atoms with Crippen LogP contribution in [0.2, 0.25) is 0 Å². The predicted octanol–water partition coefficient (Wildman–Crippen LogP) is 3.80. The van der Waals surface area contributed by atoms with Crippen molar-refractivity contribution in [3.8, 4) is 11.4 Å². The molecule has 1 fully saturated rings. The molecular weight excluding hydrogens is 388 g/mol. The van der Waals surface area contributed by atoms with Gasteiger partial charge in [0.15, 0.2) is 0 Å². The van der Waals surface area contributed by atoms with Crippen LogP contribution in [0, 0.1) is 12.8 Å². The third-order valence-corrected chi connectivity index (χ3v) is 5.87. The summed E-state index contributed by atoms with van der Waals surface area (Å²) >= 11 is 0. The maximum atomic E-state index is 5.33. The number of hydrogen-bond donors (Lipinski definition) is 3. The third-order valence-electron chi connectivity index (χ3n) is 5.87. The van der Waals surface area contributed by atoms with Crippen molar-refractivity contribution in [2.75, 3.05) is 6.54 Å². The van der Waals surface area contributed by atoms with Gasteiger partial charge >= 0.3 is 0 Å². The summed E-state index contributed by atoms with van der Waals surface area (Å²) in [5, 5.41) is 17.7. The van der Waals surface area contributed by atoms with Gasteiger partial charge in [-0.05, 0) is 61.4 Å². The molecule has 0 amide bonds. The predicted molar refractivity (Wildman–Crippen MR) is 121 cm³/mol. The smallest absolute Gasteiger partial charge is 0.132 e. The van der Waals surface area contributed by atoms with Gasteiger partial charge in [0.2, 0.25) is 0 Å². The van der Waals surface area contributed by atoms with Crippen molar-refractivity contribution < 1.29 is 0 Å². The molecule has 0 saturated heterocycles. The van der Waals surface area contributed by atoms with Crippen molar-refractivity contribution in [1.29, 1.82) is 0 Å². The highest BCUT2D eigenvalue weighted by Crippen LogP contribution is 2.24. The molecule has 6 rings (SSSR count). The van der Waals surface area contributed by atoms with Gasteiger partial charge < -0.3 is 10.7 Å². The van der Waals surface area contributed by atoms with Crippen molar-refractivity contribution in [2.24, 2.45) is 11.7 Å². The van der Waals surface area contributed by atoms with E-state index in [0.29, 0.717) is 6.54 Å². The van der Waals surface area contributed by atoms with Crippen LogP contribution in [0.4, 0.5) is 0 Å². The summed E-state index contributed by atoms with van der Waals surface area (Å²) in [5.74, 6) is 0.894. The molecule has 0 spiro atoms. The number of pyridine rings is 1. The zero-order chi connectivity index (χ0) is 21.2. The number of nitrogens with zero attached hydrogens (tertiary/aromatic N) is 5. The number of nitrogens with two attached hydrogens (primary N) is 1. The lowest BCUT2D eigenvalue weighted by Gasteiger charge is -2.22. The topological polar surface area (TPSA) is 114 Å². The molecule has 158 valence electrons. The van der Waals surface area contributed by atoms with Crippen LogP contribution >= 0.6 is 0 Å². The molecule has 0 radical (unpaired) electrons. The Hall–Kier alpha value is -3.52. The van der Waals surface area contributed by atoms with E-state index in [1.165, 1.54) is 30.2 Å². The van der Waals surface area contributed by atoms with Crippen molar-refractivity contribution >= 4 is 21.8 Å². The average Bonchev–Trinajstić information content (AvgIpc) is 3.45. The van der Waals surface area contributed by atoms with Gasteiger partial charge in [-0.25, -0.2) is 4.68 Å². The van der Waals surface area contributed by atoms with E-state index < -0.39 is 0 Å². The number of H-pyrrole nitrogens is 2. The number of rotatable bonds is 4. The normalized spacial score (nSPS) is 13.9. The standard InChI is InChI=1S/C18H15N7.C5H11N/c1-11-6-13-3-2-12(7-16(13)21-11)9-25-10-17(23-24-25)18-14-8-20-22-15(14)4-5-19-18;6-4-5-2-1-3-5/h2-8,10,21H,9H2,1H3,(H,20,22);5H,1-4,6H2. The molecule has 0 unspecified atom stereocenters. The number of hydrogen-bond acceptors (Lipinski definition) is 5. The largest absolute Gasteiger partial charge is 0.359 e. The second-order valence-electron chi connectivity index (χ2n) is 8.20. The SMILES string of the molecule is Cc1cc2ccc(Cn3cc(-c4nccc5[nH]ncc45)nn3)cc2[nH]1.NCC1CCC1. The first kappa shape index (κ1) is 19.4. The number of aromatic amines is 2. The molecule has 4 heterocycles.